The zero-order valence-electron chi connectivity index (χ0n) is 21.1. The average molecular weight is 523 g/mol. The van der Waals surface area contributed by atoms with Crippen LogP contribution in [0.3, 0.4) is 0 Å². The van der Waals surface area contributed by atoms with Gasteiger partial charge in [-0.3, -0.25) is 9.13 Å². The molecule has 190 valence electrons. The molecule has 0 fully saturated rings. The van der Waals surface area contributed by atoms with E-state index in [1.165, 1.54) is 12.1 Å². The molecule has 0 saturated heterocycles. The predicted octanol–water partition coefficient (Wildman–Crippen LogP) is 8.62. The van der Waals surface area contributed by atoms with Crippen molar-refractivity contribution in [1.29, 1.82) is 0 Å². The van der Waals surface area contributed by atoms with Crippen LogP contribution >= 0.6 is 0 Å². The summed E-state index contributed by atoms with van der Waals surface area (Å²) in [6, 6.07) is 37.3. The van der Waals surface area contributed by atoms with Crippen molar-refractivity contribution in [2.75, 3.05) is 0 Å². The van der Waals surface area contributed by atoms with Crippen LogP contribution in [0.4, 0.5) is 8.78 Å². The van der Waals surface area contributed by atoms with Crippen LogP contribution in [0, 0.1) is 11.6 Å². The van der Waals surface area contributed by atoms with E-state index >= 15 is 8.78 Å². The molecule has 4 aromatic heterocycles. The fraction of sp³-hybridized carbons (Fsp3) is 0. The molecule has 0 bridgehead atoms. The number of halogens is 2. The van der Waals surface area contributed by atoms with Crippen molar-refractivity contribution in [1.82, 2.24) is 19.1 Å². The lowest BCUT2D eigenvalue weighted by Crippen LogP contribution is -2.02. The summed E-state index contributed by atoms with van der Waals surface area (Å²) >= 11 is 0. The number of hydrogen-bond acceptors (Lipinski definition) is 2. The molecule has 8 aromatic rings. The number of rotatable bonds is 3. The van der Waals surface area contributed by atoms with E-state index in [0.717, 1.165) is 32.6 Å². The maximum atomic E-state index is 15.2. The van der Waals surface area contributed by atoms with Gasteiger partial charge in [0.2, 0.25) is 0 Å². The van der Waals surface area contributed by atoms with Crippen LogP contribution in [-0.4, -0.2) is 19.1 Å². The Morgan fingerprint density at radius 1 is 0.400 bits per heavy atom. The third-order valence-corrected chi connectivity index (χ3v) is 7.48. The standard InChI is InChI=1S/C34H20F2N4/c35-25-13-5-11-23-21-9-1-3-17-29(21)39(33(23)25)31-19-7-15-27(37-31)28-16-8-20-32(38-28)40-30-18-4-2-10-22(30)24-12-6-14-26(36)34(24)40/h1-20H. The Labute approximate surface area is 227 Å². The van der Waals surface area contributed by atoms with E-state index in [1.54, 1.807) is 12.1 Å². The molecule has 4 nitrogen and oxygen atoms in total. The van der Waals surface area contributed by atoms with Gasteiger partial charge in [0.05, 0.1) is 33.5 Å². The van der Waals surface area contributed by atoms with Gasteiger partial charge in [0.15, 0.2) is 0 Å². The Bertz CT molecular complexity index is 2100. The fourth-order valence-electron chi connectivity index (χ4n) is 5.81. The van der Waals surface area contributed by atoms with Crippen molar-refractivity contribution in [2.45, 2.75) is 0 Å². The van der Waals surface area contributed by atoms with Gasteiger partial charge in [-0.05, 0) is 48.5 Å². The number of fused-ring (bicyclic) bond motifs is 6. The Hall–Kier alpha value is -5.36. The van der Waals surface area contributed by atoms with Crippen LogP contribution in [0.1, 0.15) is 0 Å². The molecule has 4 aromatic carbocycles. The zero-order chi connectivity index (χ0) is 26.8. The van der Waals surface area contributed by atoms with Gasteiger partial charge in [0.25, 0.3) is 0 Å². The van der Waals surface area contributed by atoms with Crippen LogP contribution in [0.25, 0.3) is 66.6 Å². The topological polar surface area (TPSA) is 35.6 Å². The van der Waals surface area contributed by atoms with E-state index < -0.39 is 0 Å². The maximum absolute atomic E-state index is 15.2. The minimum absolute atomic E-state index is 0.311. The van der Waals surface area contributed by atoms with E-state index in [2.05, 4.69) is 0 Å². The molecule has 0 unspecified atom stereocenters. The second-order valence-electron chi connectivity index (χ2n) is 9.74. The molecule has 0 aliphatic heterocycles. The number of aromatic nitrogens is 4. The Balaban J connectivity index is 1.33. The molecule has 40 heavy (non-hydrogen) atoms. The summed E-state index contributed by atoms with van der Waals surface area (Å²) in [5.41, 5.74) is 3.96. The Morgan fingerprint density at radius 3 is 1.27 bits per heavy atom. The summed E-state index contributed by atoms with van der Waals surface area (Å²) < 4.78 is 34.1. The average Bonchev–Trinajstić information content (AvgIpc) is 3.53. The van der Waals surface area contributed by atoms with Crippen molar-refractivity contribution in [2.24, 2.45) is 0 Å². The lowest BCUT2D eigenvalue weighted by Gasteiger charge is -2.11. The minimum atomic E-state index is -0.311. The van der Waals surface area contributed by atoms with Gasteiger partial charge in [-0.15, -0.1) is 0 Å². The highest BCUT2D eigenvalue weighted by molar-refractivity contribution is 6.10. The van der Waals surface area contributed by atoms with Crippen LogP contribution in [0.5, 0.6) is 0 Å². The highest BCUT2D eigenvalue weighted by Gasteiger charge is 2.18. The largest absolute Gasteiger partial charge is 0.291 e. The van der Waals surface area contributed by atoms with Crippen LogP contribution in [-0.2, 0) is 0 Å². The third kappa shape index (κ3) is 3.23. The first-order valence-corrected chi connectivity index (χ1v) is 13.0. The lowest BCUT2D eigenvalue weighted by atomic mass is 10.1. The molecule has 0 radical (unpaired) electrons. The molecule has 4 heterocycles. The number of hydrogen-bond donors (Lipinski definition) is 0. The van der Waals surface area contributed by atoms with Gasteiger partial charge >= 0.3 is 0 Å². The molecule has 0 aliphatic carbocycles. The summed E-state index contributed by atoms with van der Waals surface area (Å²) in [5.74, 6) is 0.552. The number of nitrogens with zero attached hydrogens (tertiary/aromatic N) is 4. The van der Waals surface area contributed by atoms with Gasteiger partial charge in [-0.25, -0.2) is 18.7 Å². The molecule has 6 heteroatoms. The Morgan fingerprint density at radius 2 is 0.800 bits per heavy atom. The summed E-state index contributed by atoms with van der Waals surface area (Å²) in [4.78, 5) is 9.88. The molecular formula is C34H20F2N4. The molecule has 0 spiro atoms. The number of para-hydroxylation sites is 4. The van der Waals surface area contributed by atoms with Crippen LogP contribution in [0.2, 0.25) is 0 Å². The van der Waals surface area contributed by atoms with Gasteiger partial charge in [0, 0.05) is 21.5 Å². The zero-order valence-corrected chi connectivity index (χ0v) is 21.1. The maximum Gasteiger partial charge on any atom is 0.147 e. The van der Waals surface area contributed by atoms with E-state index in [1.807, 2.05) is 106 Å². The molecule has 0 saturated carbocycles. The summed E-state index contributed by atoms with van der Waals surface area (Å²) in [6.45, 7) is 0. The molecule has 0 amide bonds. The SMILES string of the molecule is Fc1cccc2c3ccccc3n(-c3cccc(-c4cccc(-n5c6ccccc6c6cccc(F)c65)n4)n3)c12. The van der Waals surface area contributed by atoms with Crippen molar-refractivity contribution in [3.63, 3.8) is 0 Å². The summed E-state index contributed by atoms with van der Waals surface area (Å²) in [6.07, 6.45) is 0. The lowest BCUT2D eigenvalue weighted by molar-refractivity contribution is 0.634. The van der Waals surface area contributed by atoms with Crippen LogP contribution in [0.15, 0.2) is 121 Å². The second-order valence-corrected chi connectivity index (χ2v) is 9.74. The van der Waals surface area contributed by atoms with E-state index in [4.69, 9.17) is 9.97 Å². The highest BCUT2D eigenvalue weighted by Crippen LogP contribution is 2.35. The predicted molar refractivity (Wildman–Crippen MR) is 156 cm³/mol. The summed E-state index contributed by atoms with van der Waals surface area (Å²) in [5, 5.41) is 3.57. The molecule has 0 N–H and O–H groups in total. The third-order valence-electron chi connectivity index (χ3n) is 7.48. The second kappa shape index (κ2) is 8.58. The van der Waals surface area contributed by atoms with Gasteiger partial charge in [0.1, 0.15) is 23.3 Å². The number of pyridine rings is 2. The van der Waals surface area contributed by atoms with Crippen molar-refractivity contribution in [3.05, 3.63) is 133 Å². The van der Waals surface area contributed by atoms with Gasteiger partial charge in [-0.1, -0.05) is 72.8 Å². The normalized spacial score (nSPS) is 11.8. The van der Waals surface area contributed by atoms with Crippen LogP contribution < -0.4 is 0 Å². The highest BCUT2D eigenvalue weighted by atomic mass is 19.1. The quantitative estimate of drug-likeness (QED) is 0.233. The molecule has 0 aliphatic rings. The molecule has 8 rings (SSSR count). The first kappa shape index (κ1) is 22.6. The van der Waals surface area contributed by atoms with Crippen molar-refractivity contribution in [3.8, 4) is 23.0 Å². The van der Waals surface area contributed by atoms with Gasteiger partial charge in [-0.2, -0.15) is 0 Å². The minimum Gasteiger partial charge on any atom is -0.291 e. The molecule has 0 atom stereocenters. The van der Waals surface area contributed by atoms with E-state index in [-0.39, 0.29) is 11.6 Å². The van der Waals surface area contributed by atoms with Crippen molar-refractivity contribution >= 4 is 43.6 Å². The smallest absolute Gasteiger partial charge is 0.147 e. The van der Waals surface area contributed by atoms with Gasteiger partial charge < -0.3 is 0 Å². The number of benzene rings is 4. The molecular weight excluding hydrogens is 502 g/mol. The fourth-order valence-corrected chi connectivity index (χ4v) is 5.81. The van der Waals surface area contributed by atoms with Crippen molar-refractivity contribution < 1.29 is 8.78 Å². The Kier molecular flexibility index (Phi) is 4.85. The first-order chi connectivity index (χ1) is 19.7. The summed E-state index contributed by atoms with van der Waals surface area (Å²) in [7, 11) is 0. The van der Waals surface area contributed by atoms with E-state index in [9.17, 15) is 0 Å². The monoisotopic (exact) mass is 522 g/mol. The van der Waals surface area contributed by atoms with E-state index in [0.29, 0.717) is 34.1 Å². The first-order valence-electron chi connectivity index (χ1n) is 13.0.